The maximum atomic E-state index is 6.00. The average Bonchev–Trinajstić information content (AvgIpc) is 2.38. The number of benzene rings is 1. The van der Waals surface area contributed by atoms with Crippen molar-refractivity contribution in [3.63, 3.8) is 0 Å². The van der Waals surface area contributed by atoms with Gasteiger partial charge in [-0.05, 0) is 47.2 Å². The molecule has 0 saturated heterocycles. The van der Waals surface area contributed by atoms with Gasteiger partial charge in [0, 0.05) is 19.2 Å². The van der Waals surface area contributed by atoms with Gasteiger partial charge in [-0.2, -0.15) is 0 Å². The lowest BCUT2D eigenvalue weighted by Crippen LogP contribution is -2.06. The molecule has 0 bridgehead atoms. The normalized spacial score (nSPS) is 10.5. The molecule has 6 heteroatoms. The maximum absolute atomic E-state index is 6.00. The molecule has 1 heterocycles. The van der Waals surface area contributed by atoms with E-state index in [4.69, 9.17) is 23.2 Å². The highest BCUT2D eigenvalue weighted by Gasteiger charge is 2.06. The summed E-state index contributed by atoms with van der Waals surface area (Å²) < 4.78 is 1.01. The highest BCUT2D eigenvalue weighted by atomic mass is 127. The predicted molar refractivity (Wildman–Crippen MR) is 88.2 cm³/mol. The Hall–Kier alpha value is -0.590. The molecule has 2 aromatic rings. The molecule has 0 amide bonds. The monoisotopic (exact) mass is 407 g/mol. The third-order valence-corrected chi connectivity index (χ3v) is 4.01. The Morgan fingerprint density at radius 3 is 2.74 bits per heavy atom. The Morgan fingerprint density at radius 1 is 1.26 bits per heavy atom. The van der Waals surface area contributed by atoms with E-state index in [1.807, 2.05) is 25.3 Å². The summed E-state index contributed by atoms with van der Waals surface area (Å²) in [4.78, 5) is 8.84. The summed E-state index contributed by atoms with van der Waals surface area (Å²) in [6.07, 6.45) is 2.45. The van der Waals surface area contributed by atoms with Crippen LogP contribution in [0.15, 0.2) is 24.4 Å². The minimum Gasteiger partial charge on any atom is -0.369 e. The van der Waals surface area contributed by atoms with Crippen molar-refractivity contribution in [2.45, 2.75) is 13.3 Å². The average molecular weight is 408 g/mol. The van der Waals surface area contributed by atoms with Gasteiger partial charge in [-0.15, -0.1) is 0 Å². The second-order valence-electron chi connectivity index (χ2n) is 3.94. The van der Waals surface area contributed by atoms with Crippen LogP contribution in [0.3, 0.4) is 0 Å². The summed E-state index contributed by atoms with van der Waals surface area (Å²) in [6.45, 7) is 2.87. The number of anilines is 1. The molecule has 0 aliphatic carbocycles. The largest absolute Gasteiger partial charge is 0.369 e. The highest BCUT2D eigenvalue weighted by molar-refractivity contribution is 14.1. The predicted octanol–water partition coefficient (Wildman–Crippen LogP) is 4.41. The minimum atomic E-state index is 0.552. The van der Waals surface area contributed by atoms with Gasteiger partial charge in [-0.25, -0.2) is 9.97 Å². The van der Waals surface area contributed by atoms with E-state index in [9.17, 15) is 0 Å². The summed E-state index contributed by atoms with van der Waals surface area (Å²) >= 11 is 14.1. The topological polar surface area (TPSA) is 37.8 Å². The molecule has 0 atom stereocenters. The van der Waals surface area contributed by atoms with Crippen LogP contribution in [0, 0.1) is 3.57 Å². The third-order valence-electron chi connectivity index (χ3n) is 2.48. The zero-order valence-electron chi connectivity index (χ0n) is 10.3. The summed E-state index contributed by atoms with van der Waals surface area (Å²) in [5.41, 5.74) is 1.04. The molecule has 0 saturated carbocycles. The van der Waals surface area contributed by atoms with E-state index in [0.29, 0.717) is 16.5 Å². The minimum absolute atomic E-state index is 0.552. The van der Waals surface area contributed by atoms with Crippen molar-refractivity contribution in [3.8, 4) is 0 Å². The zero-order valence-corrected chi connectivity index (χ0v) is 13.9. The summed E-state index contributed by atoms with van der Waals surface area (Å²) in [5.74, 6) is 1.63. The third kappa shape index (κ3) is 3.94. The zero-order chi connectivity index (χ0) is 13.8. The molecular formula is C13H12Cl2IN3. The van der Waals surface area contributed by atoms with Crippen molar-refractivity contribution in [1.82, 2.24) is 9.97 Å². The van der Waals surface area contributed by atoms with Crippen LogP contribution in [-0.4, -0.2) is 16.5 Å². The number of hydrogen-bond acceptors (Lipinski definition) is 3. The van der Waals surface area contributed by atoms with Crippen LogP contribution in [0.5, 0.6) is 0 Å². The fourth-order valence-electron chi connectivity index (χ4n) is 1.61. The second-order valence-corrected chi connectivity index (χ2v) is 5.91. The van der Waals surface area contributed by atoms with Gasteiger partial charge < -0.3 is 5.32 Å². The van der Waals surface area contributed by atoms with Gasteiger partial charge in [-0.3, -0.25) is 0 Å². The highest BCUT2D eigenvalue weighted by Crippen LogP contribution is 2.23. The van der Waals surface area contributed by atoms with Gasteiger partial charge in [0.15, 0.2) is 0 Å². The SMILES string of the molecule is CCNc1nc(Cc2ccc(Cl)c(Cl)c2)ncc1I. The number of nitrogens with zero attached hydrogens (tertiary/aromatic N) is 2. The smallest absolute Gasteiger partial charge is 0.143 e. The van der Waals surface area contributed by atoms with Gasteiger partial charge in [0.25, 0.3) is 0 Å². The first kappa shape index (κ1) is 14.8. The van der Waals surface area contributed by atoms with Gasteiger partial charge in [0.05, 0.1) is 13.6 Å². The van der Waals surface area contributed by atoms with Crippen LogP contribution in [0.1, 0.15) is 18.3 Å². The Balaban J connectivity index is 2.22. The van der Waals surface area contributed by atoms with Crippen LogP contribution in [0.4, 0.5) is 5.82 Å². The second kappa shape index (κ2) is 6.72. The summed E-state index contributed by atoms with van der Waals surface area (Å²) in [6, 6.07) is 5.57. The molecule has 1 N–H and O–H groups in total. The Labute approximate surface area is 135 Å². The quantitative estimate of drug-likeness (QED) is 0.762. The molecule has 3 nitrogen and oxygen atoms in total. The van der Waals surface area contributed by atoms with Crippen molar-refractivity contribution >= 4 is 51.6 Å². The fourth-order valence-corrected chi connectivity index (χ4v) is 2.38. The van der Waals surface area contributed by atoms with Gasteiger partial charge >= 0.3 is 0 Å². The number of aromatic nitrogens is 2. The van der Waals surface area contributed by atoms with Crippen molar-refractivity contribution in [1.29, 1.82) is 0 Å². The van der Waals surface area contributed by atoms with E-state index in [1.54, 1.807) is 6.07 Å². The first-order valence-electron chi connectivity index (χ1n) is 5.79. The van der Waals surface area contributed by atoms with Gasteiger partial charge in [-0.1, -0.05) is 29.3 Å². The lowest BCUT2D eigenvalue weighted by molar-refractivity contribution is 0.955. The van der Waals surface area contributed by atoms with E-state index in [2.05, 4.69) is 37.9 Å². The van der Waals surface area contributed by atoms with E-state index >= 15 is 0 Å². The first-order chi connectivity index (χ1) is 9.10. The Kier molecular flexibility index (Phi) is 5.24. The molecule has 2 rings (SSSR count). The molecular weight excluding hydrogens is 396 g/mol. The molecule has 0 aliphatic rings. The molecule has 0 radical (unpaired) electrons. The molecule has 1 aromatic carbocycles. The Morgan fingerprint density at radius 2 is 2.05 bits per heavy atom. The summed E-state index contributed by atoms with van der Waals surface area (Å²) in [7, 11) is 0. The van der Waals surface area contributed by atoms with E-state index in [-0.39, 0.29) is 0 Å². The molecule has 0 fully saturated rings. The lowest BCUT2D eigenvalue weighted by atomic mass is 10.1. The number of nitrogens with one attached hydrogen (secondary N) is 1. The van der Waals surface area contributed by atoms with Crippen LogP contribution in [0.2, 0.25) is 10.0 Å². The van der Waals surface area contributed by atoms with Crippen molar-refractivity contribution in [2.24, 2.45) is 0 Å². The van der Waals surface area contributed by atoms with E-state index in [1.165, 1.54) is 0 Å². The van der Waals surface area contributed by atoms with Gasteiger partial charge in [0.2, 0.25) is 0 Å². The molecule has 0 spiro atoms. The fraction of sp³-hybridized carbons (Fsp3) is 0.231. The first-order valence-corrected chi connectivity index (χ1v) is 7.63. The number of halogens is 3. The van der Waals surface area contributed by atoms with Crippen LogP contribution >= 0.6 is 45.8 Å². The molecule has 0 unspecified atom stereocenters. The van der Waals surface area contributed by atoms with Crippen LogP contribution in [-0.2, 0) is 6.42 Å². The van der Waals surface area contributed by atoms with Gasteiger partial charge in [0.1, 0.15) is 11.6 Å². The number of hydrogen-bond donors (Lipinski definition) is 1. The molecule has 1 aromatic heterocycles. The van der Waals surface area contributed by atoms with Crippen LogP contribution in [0.25, 0.3) is 0 Å². The molecule has 100 valence electrons. The standard InChI is InChI=1S/C13H12Cl2IN3/c1-2-17-13-11(16)7-18-12(19-13)6-8-3-4-9(14)10(15)5-8/h3-5,7H,2,6H2,1H3,(H,17,18,19). The van der Waals surface area contributed by atoms with E-state index in [0.717, 1.165) is 27.3 Å². The Bertz CT molecular complexity index is 590. The molecule has 19 heavy (non-hydrogen) atoms. The van der Waals surface area contributed by atoms with Crippen molar-refractivity contribution in [2.75, 3.05) is 11.9 Å². The summed E-state index contributed by atoms with van der Waals surface area (Å²) in [5, 5.41) is 4.33. The van der Waals surface area contributed by atoms with Crippen molar-refractivity contribution < 1.29 is 0 Å². The molecule has 0 aliphatic heterocycles. The van der Waals surface area contributed by atoms with E-state index < -0.39 is 0 Å². The van der Waals surface area contributed by atoms with Crippen molar-refractivity contribution in [3.05, 3.63) is 49.4 Å². The lowest BCUT2D eigenvalue weighted by Gasteiger charge is -2.07. The number of rotatable bonds is 4. The maximum Gasteiger partial charge on any atom is 0.143 e. The van der Waals surface area contributed by atoms with Crippen LogP contribution < -0.4 is 5.32 Å².